The van der Waals surface area contributed by atoms with Crippen molar-refractivity contribution in [2.75, 3.05) is 25.5 Å². The molecule has 228 valence electrons. The quantitative estimate of drug-likeness (QED) is 0.262. The van der Waals surface area contributed by atoms with Gasteiger partial charge in [-0.25, -0.2) is 26.4 Å². The molecule has 3 amide bonds. The van der Waals surface area contributed by atoms with Crippen LogP contribution in [0.25, 0.3) is 0 Å². The minimum Gasteiger partial charge on any atom is -0.453 e. The number of sulfone groups is 1. The molecule has 16 heteroatoms. The highest BCUT2D eigenvalue weighted by Gasteiger charge is 2.60. The van der Waals surface area contributed by atoms with Crippen LogP contribution >= 0.6 is 11.6 Å². The van der Waals surface area contributed by atoms with Crippen LogP contribution in [0, 0.1) is 29.3 Å². The van der Waals surface area contributed by atoms with E-state index in [4.69, 9.17) is 11.6 Å². The highest BCUT2D eigenvalue weighted by Crippen LogP contribution is 2.55. The van der Waals surface area contributed by atoms with Crippen molar-refractivity contribution < 1.29 is 50.9 Å². The van der Waals surface area contributed by atoms with Crippen molar-refractivity contribution in [3.63, 3.8) is 0 Å². The molecule has 11 nitrogen and oxygen atoms in total. The number of alkyl carbamates (subject to hydrolysis) is 1. The number of carbonyl (C=O) groups is 3. The van der Waals surface area contributed by atoms with E-state index in [1.54, 1.807) is 0 Å². The fraction of sp³-hybridized carbons (Fsp3) is 0.423. The van der Waals surface area contributed by atoms with E-state index >= 15 is 0 Å². The Labute approximate surface area is 243 Å². The number of carbonyl (C=O) groups excluding carboxylic acids is 3. The van der Waals surface area contributed by atoms with Crippen LogP contribution < -0.4 is 16.0 Å². The highest BCUT2D eigenvalue weighted by molar-refractivity contribution is 7.92. The van der Waals surface area contributed by atoms with Crippen LogP contribution in [0.5, 0.6) is 0 Å². The van der Waals surface area contributed by atoms with Crippen LogP contribution in [0.3, 0.4) is 0 Å². The van der Waals surface area contributed by atoms with Crippen LogP contribution in [-0.2, 0) is 19.4 Å². The molecule has 5 N–H and O–H groups in total. The Kier molecular flexibility index (Phi) is 9.06. The van der Waals surface area contributed by atoms with E-state index < -0.39 is 80.5 Å². The second-order valence-electron chi connectivity index (χ2n) is 10.2. The number of aliphatic hydroxyl groups excluding tert-OH is 1. The fourth-order valence-corrected chi connectivity index (χ4v) is 7.76. The number of amides is 3. The summed E-state index contributed by atoms with van der Waals surface area (Å²) < 4.78 is 71.8. The molecule has 2 aromatic carbocycles. The number of methoxy groups -OCH3 is 1. The largest absolute Gasteiger partial charge is 0.453 e. The normalized spacial score (nSPS) is 23.7. The van der Waals surface area contributed by atoms with Crippen molar-refractivity contribution in [1.29, 1.82) is 0 Å². The van der Waals surface area contributed by atoms with Crippen LogP contribution in [0.1, 0.15) is 29.6 Å². The lowest BCUT2D eigenvalue weighted by Gasteiger charge is -2.58. The van der Waals surface area contributed by atoms with Gasteiger partial charge >= 0.3 is 6.09 Å². The summed E-state index contributed by atoms with van der Waals surface area (Å²) >= 11 is 6.19. The summed E-state index contributed by atoms with van der Waals surface area (Å²) in [5.41, 5.74) is -1.99. The Morgan fingerprint density at radius 2 is 1.69 bits per heavy atom. The van der Waals surface area contributed by atoms with Crippen molar-refractivity contribution in [3.05, 3.63) is 58.4 Å². The summed E-state index contributed by atoms with van der Waals surface area (Å²) in [5.74, 6) is -7.53. The molecular weight excluding hydrogens is 607 g/mol. The molecule has 3 atom stereocenters. The Hall–Kier alpha value is -3.40. The van der Waals surface area contributed by atoms with Crippen molar-refractivity contribution in [1.82, 2.24) is 10.6 Å². The van der Waals surface area contributed by atoms with Gasteiger partial charge in [0.05, 0.1) is 34.4 Å². The molecule has 3 saturated carbocycles. The van der Waals surface area contributed by atoms with E-state index in [2.05, 4.69) is 20.7 Å². The lowest BCUT2D eigenvalue weighted by atomic mass is 9.53. The molecule has 3 fully saturated rings. The van der Waals surface area contributed by atoms with Gasteiger partial charge < -0.3 is 30.9 Å². The molecule has 0 spiro atoms. The predicted molar refractivity (Wildman–Crippen MR) is 142 cm³/mol. The predicted octanol–water partition coefficient (Wildman–Crippen LogP) is 2.15. The average molecular weight is 634 g/mol. The van der Waals surface area contributed by atoms with E-state index in [0.717, 1.165) is 13.2 Å². The third-order valence-electron chi connectivity index (χ3n) is 7.73. The maximum absolute atomic E-state index is 13.6. The van der Waals surface area contributed by atoms with Gasteiger partial charge in [0, 0.05) is 29.9 Å². The lowest BCUT2D eigenvalue weighted by molar-refractivity contribution is -0.175. The SMILES string of the molecule is COC(=O)NCC(O)C(=O)NCC1(O)C2CC1CC(S(=O)(=O)c1cc(C(=O)Nc3cc(F)c(F)c(F)c3)ccc1Cl)C2. The van der Waals surface area contributed by atoms with Crippen molar-refractivity contribution in [2.45, 2.75) is 41.1 Å². The summed E-state index contributed by atoms with van der Waals surface area (Å²) in [6.45, 7) is -0.663. The smallest absolute Gasteiger partial charge is 0.406 e. The zero-order chi connectivity index (χ0) is 31.0. The van der Waals surface area contributed by atoms with Crippen LogP contribution in [0.2, 0.25) is 5.02 Å². The van der Waals surface area contributed by atoms with Crippen LogP contribution in [0.15, 0.2) is 35.2 Å². The molecule has 0 aromatic heterocycles. The number of halogens is 4. The summed E-state index contributed by atoms with van der Waals surface area (Å²) in [4.78, 5) is 35.6. The van der Waals surface area contributed by atoms with Gasteiger partial charge in [-0.3, -0.25) is 9.59 Å². The number of anilines is 1. The molecule has 0 heterocycles. The van der Waals surface area contributed by atoms with Gasteiger partial charge in [0.2, 0.25) is 0 Å². The van der Waals surface area contributed by atoms with Gasteiger partial charge in [-0.1, -0.05) is 11.6 Å². The Morgan fingerprint density at radius 1 is 1.07 bits per heavy atom. The number of aliphatic hydroxyl groups is 2. The second-order valence-corrected chi connectivity index (χ2v) is 12.8. The Bertz CT molecular complexity index is 1490. The number of rotatable bonds is 9. The minimum atomic E-state index is -4.13. The number of hydrogen-bond donors (Lipinski definition) is 5. The maximum atomic E-state index is 13.6. The molecule has 0 radical (unpaired) electrons. The van der Waals surface area contributed by atoms with Crippen LogP contribution in [0.4, 0.5) is 23.7 Å². The number of nitrogens with one attached hydrogen (secondary N) is 3. The zero-order valence-corrected chi connectivity index (χ0v) is 23.6. The molecule has 0 saturated heterocycles. The van der Waals surface area contributed by atoms with E-state index in [9.17, 15) is 46.2 Å². The first-order valence-corrected chi connectivity index (χ1v) is 14.6. The third-order valence-corrected chi connectivity index (χ3v) is 10.4. The molecule has 2 aromatic rings. The van der Waals surface area contributed by atoms with Gasteiger partial charge in [0.25, 0.3) is 11.8 Å². The van der Waals surface area contributed by atoms with Gasteiger partial charge in [0.15, 0.2) is 27.3 Å². The average Bonchev–Trinajstić information content (AvgIpc) is 2.96. The Balaban J connectivity index is 1.42. The summed E-state index contributed by atoms with van der Waals surface area (Å²) in [6, 6.07) is 4.57. The van der Waals surface area contributed by atoms with Gasteiger partial charge in [-0.05, 0) is 49.3 Å². The van der Waals surface area contributed by atoms with Crippen molar-refractivity contribution in [2.24, 2.45) is 11.8 Å². The van der Waals surface area contributed by atoms with E-state index in [1.807, 2.05) is 0 Å². The maximum Gasteiger partial charge on any atom is 0.406 e. The number of fused-ring (bicyclic) bond motifs is 2. The molecule has 2 bridgehead atoms. The molecule has 0 aliphatic heterocycles. The van der Waals surface area contributed by atoms with Crippen LogP contribution in [-0.4, -0.2) is 73.7 Å². The minimum absolute atomic E-state index is 0.0263. The molecule has 3 aliphatic rings. The molecule has 3 unspecified atom stereocenters. The fourth-order valence-electron chi connectivity index (χ4n) is 5.36. The third kappa shape index (κ3) is 6.19. The first kappa shape index (κ1) is 31.5. The van der Waals surface area contributed by atoms with Crippen molar-refractivity contribution >= 4 is 45.0 Å². The topological polar surface area (TPSA) is 171 Å². The summed E-state index contributed by atoms with van der Waals surface area (Å²) in [6.07, 6.45) is -1.89. The number of hydrogen-bond acceptors (Lipinski definition) is 8. The van der Waals surface area contributed by atoms with Gasteiger partial charge in [0.1, 0.15) is 6.10 Å². The van der Waals surface area contributed by atoms with Gasteiger partial charge in [-0.15, -0.1) is 0 Å². The van der Waals surface area contributed by atoms with E-state index in [0.29, 0.717) is 18.6 Å². The summed E-state index contributed by atoms with van der Waals surface area (Å²) in [7, 11) is -3.01. The van der Waals surface area contributed by atoms with Crippen molar-refractivity contribution in [3.8, 4) is 0 Å². The first-order valence-electron chi connectivity index (χ1n) is 12.7. The first-order chi connectivity index (χ1) is 19.7. The Morgan fingerprint density at radius 3 is 2.29 bits per heavy atom. The molecule has 42 heavy (non-hydrogen) atoms. The summed E-state index contributed by atoms with van der Waals surface area (Å²) in [5, 5.41) is 26.7. The highest BCUT2D eigenvalue weighted by atomic mass is 35.5. The standard InChI is InChI=1S/C26H27ClF3N3O8S/c1-41-25(37)31-10-20(34)24(36)32-11-26(38)13-5-14(26)7-16(6-13)42(39,40)21-4-12(2-3-17(21)27)23(35)33-15-8-18(28)22(30)19(29)9-15/h2-4,8-9,13-14,16,20,34,38H,5-7,10-11H2,1H3,(H,31,37)(H,32,36)(H,33,35). The molecule has 3 aliphatic carbocycles. The van der Waals surface area contributed by atoms with E-state index in [-0.39, 0.29) is 40.6 Å². The number of benzene rings is 2. The van der Waals surface area contributed by atoms with Gasteiger partial charge in [-0.2, -0.15) is 0 Å². The molecule has 5 rings (SSSR count). The zero-order valence-electron chi connectivity index (χ0n) is 22.0. The second kappa shape index (κ2) is 12.1. The number of ether oxygens (including phenoxy) is 1. The lowest BCUT2D eigenvalue weighted by Crippen LogP contribution is -2.66. The molecular formula is C26H27ClF3N3O8S. The van der Waals surface area contributed by atoms with E-state index in [1.165, 1.54) is 12.1 Å². The monoisotopic (exact) mass is 633 g/mol.